The Hall–Kier alpha value is -9.06. The topological polar surface area (TPSA) is 183 Å². The molecule has 4 aromatic carbocycles. The Labute approximate surface area is 389 Å². The zero-order valence-corrected chi connectivity index (χ0v) is 38.2. The fourth-order valence-electron chi connectivity index (χ4n) is 8.84. The molecule has 12 aromatic rings. The van der Waals surface area contributed by atoms with Crippen LogP contribution in [0.2, 0.25) is 0 Å². The lowest BCUT2D eigenvalue weighted by molar-refractivity contribution is 0.648. The summed E-state index contributed by atoms with van der Waals surface area (Å²) in [5.41, 5.74) is 15.3. The van der Waals surface area contributed by atoms with E-state index in [0.717, 1.165) is 78.5 Å². The van der Waals surface area contributed by atoms with Gasteiger partial charge in [-0.25, -0.2) is 9.36 Å². The maximum atomic E-state index is 4.66. The lowest BCUT2D eigenvalue weighted by Gasteiger charge is -2.19. The molecule has 0 fully saturated rings. The lowest BCUT2D eigenvalue weighted by atomic mass is 10.0. The molecule has 0 aliphatic carbocycles. The molecule has 12 rings (SSSR count). The van der Waals surface area contributed by atoms with Crippen LogP contribution in [0.15, 0.2) is 147 Å². The molecule has 0 amide bonds. The Morgan fingerprint density at radius 2 is 0.897 bits per heavy atom. The average molecular weight is 899 g/mol. The third-order valence-electron chi connectivity index (χ3n) is 12.3. The number of anilines is 2. The number of hydrogen-bond donors (Lipinski definition) is 2. The minimum absolute atomic E-state index is 0.237. The minimum atomic E-state index is -0.237. The lowest BCUT2D eigenvalue weighted by Crippen LogP contribution is -2.17. The molecular formula is C50H46N18. The van der Waals surface area contributed by atoms with Gasteiger partial charge >= 0.3 is 0 Å². The van der Waals surface area contributed by atoms with Gasteiger partial charge in [-0.15, -0.1) is 10.2 Å². The molecule has 0 saturated heterocycles. The van der Waals surface area contributed by atoms with Gasteiger partial charge in [0.15, 0.2) is 0 Å². The maximum Gasteiger partial charge on any atom is 0.114 e. The number of aromatic nitrogens is 16. The van der Waals surface area contributed by atoms with Crippen molar-refractivity contribution < 1.29 is 0 Å². The third-order valence-corrected chi connectivity index (χ3v) is 12.3. The number of nitrogens with one attached hydrogen (secondary N) is 2. The van der Waals surface area contributed by atoms with Gasteiger partial charge in [0.05, 0.1) is 57.2 Å². The first-order valence-electron chi connectivity index (χ1n) is 22.0. The summed E-state index contributed by atoms with van der Waals surface area (Å²) in [6.07, 6.45) is 18.4. The van der Waals surface area contributed by atoms with Gasteiger partial charge in [0.25, 0.3) is 0 Å². The minimum Gasteiger partial charge on any atom is -0.371 e. The van der Waals surface area contributed by atoms with Crippen molar-refractivity contribution in [3.63, 3.8) is 0 Å². The average Bonchev–Trinajstić information content (AvgIpc) is 4.25. The quantitative estimate of drug-likeness (QED) is 0.137. The second kappa shape index (κ2) is 17.1. The first-order chi connectivity index (χ1) is 33.1. The van der Waals surface area contributed by atoms with Crippen LogP contribution in [0, 0.1) is 0 Å². The van der Waals surface area contributed by atoms with Crippen molar-refractivity contribution >= 4 is 55.2 Å². The molecule has 336 valence electrons. The van der Waals surface area contributed by atoms with Crippen molar-refractivity contribution in [2.75, 3.05) is 10.6 Å². The zero-order chi connectivity index (χ0) is 46.5. The van der Waals surface area contributed by atoms with Crippen LogP contribution in [0.3, 0.4) is 0 Å². The van der Waals surface area contributed by atoms with E-state index in [9.17, 15) is 0 Å². The van der Waals surface area contributed by atoms with Crippen LogP contribution in [-0.4, -0.2) is 78.6 Å². The van der Waals surface area contributed by atoms with E-state index in [2.05, 4.69) is 158 Å². The summed E-state index contributed by atoms with van der Waals surface area (Å²) in [5, 5.41) is 35.4. The van der Waals surface area contributed by atoms with Gasteiger partial charge in [0.1, 0.15) is 12.1 Å². The normalized spacial score (nSPS) is 12.4. The summed E-state index contributed by atoms with van der Waals surface area (Å²) in [7, 11) is 11.7. The van der Waals surface area contributed by atoms with Crippen LogP contribution in [-0.2, 0) is 42.3 Å². The van der Waals surface area contributed by atoms with E-state index in [1.807, 2.05) is 64.8 Å². The zero-order valence-electron chi connectivity index (χ0n) is 38.2. The monoisotopic (exact) mass is 898 g/mol. The van der Waals surface area contributed by atoms with Crippen molar-refractivity contribution in [3.05, 3.63) is 170 Å². The van der Waals surface area contributed by atoms with E-state index < -0.39 is 0 Å². The number of rotatable bonds is 10. The highest BCUT2D eigenvalue weighted by molar-refractivity contribution is 5.98. The molecule has 18 heteroatoms. The number of hydrogen-bond acceptors (Lipinski definition) is 12. The van der Waals surface area contributed by atoms with Crippen LogP contribution in [0.1, 0.15) is 34.9 Å². The van der Waals surface area contributed by atoms with Gasteiger partial charge < -0.3 is 19.8 Å². The van der Waals surface area contributed by atoms with Crippen LogP contribution in [0.25, 0.3) is 66.1 Å². The first kappa shape index (κ1) is 41.6. The van der Waals surface area contributed by atoms with Crippen molar-refractivity contribution in [1.82, 2.24) is 78.6 Å². The van der Waals surface area contributed by atoms with Gasteiger partial charge in [-0.1, -0.05) is 34.7 Å². The summed E-state index contributed by atoms with van der Waals surface area (Å²) >= 11 is 0. The van der Waals surface area contributed by atoms with Gasteiger partial charge in [-0.05, 0) is 82.6 Å². The van der Waals surface area contributed by atoms with Crippen LogP contribution in [0.5, 0.6) is 0 Å². The highest BCUT2D eigenvalue weighted by Crippen LogP contribution is 2.36. The van der Waals surface area contributed by atoms with Gasteiger partial charge in [0.2, 0.25) is 0 Å². The van der Waals surface area contributed by atoms with Crippen molar-refractivity contribution in [3.8, 4) is 22.3 Å². The van der Waals surface area contributed by atoms with E-state index in [4.69, 9.17) is 0 Å². The highest BCUT2D eigenvalue weighted by atomic mass is 15.4. The van der Waals surface area contributed by atoms with E-state index in [-0.39, 0.29) is 12.1 Å². The molecule has 2 unspecified atom stereocenters. The molecule has 0 spiro atoms. The Bertz CT molecular complexity index is 3520. The van der Waals surface area contributed by atoms with Crippen LogP contribution in [0.4, 0.5) is 11.4 Å². The first-order valence-corrected chi connectivity index (χ1v) is 22.0. The Kier molecular flexibility index (Phi) is 10.4. The van der Waals surface area contributed by atoms with E-state index in [1.165, 1.54) is 21.8 Å². The number of fused-ring (bicyclic) bond motifs is 4. The van der Waals surface area contributed by atoms with Crippen molar-refractivity contribution in [2.24, 2.45) is 42.3 Å². The molecule has 0 aliphatic heterocycles. The molecule has 68 heavy (non-hydrogen) atoms. The van der Waals surface area contributed by atoms with Crippen molar-refractivity contribution in [2.45, 2.75) is 12.1 Å². The molecule has 2 N–H and O–H groups in total. The smallest absolute Gasteiger partial charge is 0.114 e. The molecule has 0 saturated carbocycles. The fourth-order valence-corrected chi connectivity index (χ4v) is 8.84. The molecular weight excluding hydrogens is 853 g/mol. The summed E-state index contributed by atoms with van der Waals surface area (Å²) in [6, 6.07) is 29.0. The molecule has 8 aromatic heterocycles. The van der Waals surface area contributed by atoms with Gasteiger partial charge in [-0.3, -0.25) is 29.3 Å². The van der Waals surface area contributed by atoms with Crippen LogP contribution < -0.4 is 10.6 Å². The molecule has 0 radical (unpaired) electrons. The Balaban J connectivity index is 0.000000149. The second-order valence-electron chi connectivity index (χ2n) is 16.8. The Morgan fingerprint density at radius 3 is 1.29 bits per heavy atom. The van der Waals surface area contributed by atoms with E-state index in [1.54, 1.807) is 55.9 Å². The molecule has 18 nitrogen and oxygen atoms in total. The SMILES string of the molecule is Cn1ccc(C(Nc2cc(-c3ccc4ccn(C)c4c3)c3nccnc3c2)c2cnnn2C)n1.Cn1ccc(C(Nc2cc(-c3ccc4ccn(C)c4c3)c3nccnc3c2)c2cnnn2C)n1. The summed E-state index contributed by atoms with van der Waals surface area (Å²) in [5.74, 6) is 0. The Morgan fingerprint density at radius 1 is 0.456 bits per heavy atom. The largest absolute Gasteiger partial charge is 0.371 e. The van der Waals surface area contributed by atoms with Gasteiger partial charge in [-0.2, -0.15) is 10.2 Å². The van der Waals surface area contributed by atoms with Gasteiger partial charge in [0, 0.05) is 125 Å². The van der Waals surface area contributed by atoms with Crippen molar-refractivity contribution in [1.29, 1.82) is 0 Å². The fraction of sp³-hybridized carbons (Fsp3) is 0.160. The van der Waals surface area contributed by atoms with E-state index >= 15 is 0 Å². The summed E-state index contributed by atoms with van der Waals surface area (Å²) in [6.45, 7) is 0. The third kappa shape index (κ3) is 7.82. The van der Waals surface area contributed by atoms with E-state index in [0.29, 0.717) is 0 Å². The summed E-state index contributed by atoms with van der Waals surface area (Å²) in [4.78, 5) is 18.5. The standard InChI is InChI=1S/2C25H23N9/c2*1-32-10-6-16-4-5-17(12-22(16)32)19-13-18(14-21-24(19)27-9-8-26-21)29-25(20-7-11-33(2)30-20)23-15-28-31-34(23)3/h2*4-15,25,29H,1-3H3. The predicted molar refractivity (Wildman–Crippen MR) is 262 cm³/mol. The number of nitrogens with zero attached hydrogens (tertiary/aromatic N) is 16. The number of benzene rings is 4. The molecule has 0 bridgehead atoms. The second-order valence-corrected chi connectivity index (χ2v) is 16.8. The molecule has 2 atom stereocenters. The molecule has 0 aliphatic rings. The maximum absolute atomic E-state index is 4.66. The van der Waals surface area contributed by atoms with Crippen LogP contribution >= 0.6 is 0 Å². The summed E-state index contributed by atoms with van der Waals surface area (Å²) < 4.78 is 11.4. The molecule has 8 heterocycles. The highest BCUT2D eigenvalue weighted by Gasteiger charge is 2.24. The predicted octanol–water partition coefficient (Wildman–Crippen LogP) is 7.70. The number of aryl methyl sites for hydroxylation is 6.